The van der Waals surface area contributed by atoms with E-state index in [0.29, 0.717) is 17.1 Å². The van der Waals surface area contributed by atoms with Crippen molar-refractivity contribution in [3.05, 3.63) is 83.4 Å². The Morgan fingerprint density at radius 3 is 1.96 bits per heavy atom. The molecule has 0 fully saturated rings. The minimum atomic E-state index is -3.79. The zero-order valence-electron chi connectivity index (χ0n) is 15.9. The molecule has 0 saturated heterocycles. The maximum Gasteiger partial charge on any atom is 0.268 e. The van der Waals surface area contributed by atoms with E-state index in [9.17, 15) is 8.42 Å². The van der Waals surface area contributed by atoms with Crippen LogP contribution >= 0.6 is 0 Å². The van der Waals surface area contributed by atoms with Crippen LogP contribution < -0.4 is 9.04 Å². The minimum Gasteiger partial charge on any atom is -0.497 e. The summed E-state index contributed by atoms with van der Waals surface area (Å²) in [5, 5.41) is 0. The molecule has 0 amide bonds. The first kappa shape index (κ1) is 19.0. The molecule has 0 atom stereocenters. The molecular formula is C22H23NO3S. The number of sulfonamides is 1. The lowest BCUT2D eigenvalue weighted by atomic mass is 10.1. The van der Waals surface area contributed by atoms with Crippen LogP contribution in [-0.2, 0) is 10.0 Å². The summed E-state index contributed by atoms with van der Waals surface area (Å²) in [5.41, 5.74) is 4.09. The van der Waals surface area contributed by atoms with E-state index in [2.05, 4.69) is 0 Å². The third-order valence-electron chi connectivity index (χ3n) is 4.45. The van der Waals surface area contributed by atoms with E-state index in [-0.39, 0.29) is 4.90 Å². The molecule has 3 aromatic carbocycles. The molecule has 0 unspecified atom stereocenters. The van der Waals surface area contributed by atoms with Crippen LogP contribution in [0.25, 0.3) is 0 Å². The van der Waals surface area contributed by atoms with Crippen molar-refractivity contribution in [1.29, 1.82) is 0 Å². The zero-order chi connectivity index (χ0) is 19.6. The van der Waals surface area contributed by atoms with Crippen LogP contribution in [0.15, 0.2) is 71.6 Å². The van der Waals surface area contributed by atoms with E-state index in [1.807, 2.05) is 51.1 Å². The van der Waals surface area contributed by atoms with Gasteiger partial charge in [-0.25, -0.2) is 12.7 Å². The molecule has 0 aliphatic carbocycles. The second-order valence-corrected chi connectivity index (χ2v) is 8.36. The lowest BCUT2D eigenvalue weighted by Crippen LogP contribution is -2.27. The van der Waals surface area contributed by atoms with Gasteiger partial charge in [-0.3, -0.25) is 0 Å². The SMILES string of the molecule is COc1ccc(N(c2cc(C)ccc2C)S(=O)(=O)c2ccc(C)cc2)cc1. The van der Waals surface area contributed by atoms with Gasteiger partial charge in [-0.2, -0.15) is 0 Å². The molecule has 0 aromatic heterocycles. The van der Waals surface area contributed by atoms with Crippen molar-refractivity contribution in [3.63, 3.8) is 0 Å². The van der Waals surface area contributed by atoms with Crippen LogP contribution in [0.4, 0.5) is 11.4 Å². The van der Waals surface area contributed by atoms with Gasteiger partial charge in [-0.1, -0.05) is 29.8 Å². The fourth-order valence-electron chi connectivity index (χ4n) is 2.88. The number of aryl methyl sites for hydroxylation is 3. The van der Waals surface area contributed by atoms with Crippen molar-refractivity contribution in [2.24, 2.45) is 0 Å². The molecule has 0 N–H and O–H groups in total. The average molecular weight is 381 g/mol. The lowest BCUT2D eigenvalue weighted by Gasteiger charge is -2.26. The Hall–Kier alpha value is -2.79. The molecule has 0 bridgehead atoms. The first-order valence-electron chi connectivity index (χ1n) is 8.66. The van der Waals surface area contributed by atoms with Crippen LogP contribution in [0.5, 0.6) is 5.75 Å². The first-order chi connectivity index (χ1) is 12.8. The van der Waals surface area contributed by atoms with Crippen LogP contribution in [0, 0.1) is 20.8 Å². The maximum absolute atomic E-state index is 13.6. The number of methoxy groups -OCH3 is 1. The van der Waals surface area contributed by atoms with Gasteiger partial charge in [0.2, 0.25) is 0 Å². The molecule has 3 aromatic rings. The molecule has 0 heterocycles. The number of ether oxygens (including phenoxy) is 1. The van der Waals surface area contributed by atoms with Crippen LogP contribution in [0.1, 0.15) is 16.7 Å². The molecule has 0 aliphatic heterocycles. The summed E-state index contributed by atoms with van der Waals surface area (Å²) in [5.74, 6) is 0.674. The Morgan fingerprint density at radius 2 is 1.37 bits per heavy atom. The van der Waals surface area contributed by atoms with Gasteiger partial charge in [0.25, 0.3) is 10.0 Å². The average Bonchev–Trinajstić information content (AvgIpc) is 2.65. The van der Waals surface area contributed by atoms with E-state index in [0.717, 1.165) is 16.7 Å². The largest absolute Gasteiger partial charge is 0.497 e. The van der Waals surface area contributed by atoms with Crippen molar-refractivity contribution in [2.45, 2.75) is 25.7 Å². The molecule has 0 spiro atoms. The second kappa shape index (κ2) is 7.45. The van der Waals surface area contributed by atoms with Gasteiger partial charge in [-0.15, -0.1) is 0 Å². The number of nitrogens with zero attached hydrogens (tertiary/aromatic N) is 1. The van der Waals surface area contributed by atoms with Crippen molar-refractivity contribution >= 4 is 21.4 Å². The van der Waals surface area contributed by atoms with E-state index in [4.69, 9.17) is 4.74 Å². The van der Waals surface area contributed by atoms with E-state index >= 15 is 0 Å². The Kier molecular flexibility index (Phi) is 5.24. The molecule has 27 heavy (non-hydrogen) atoms. The zero-order valence-corrected chi connectivity index (χ0v) is 16.7. The maximum atomic E-state index is 13.6. The van der Waals surface area contributed by atoms with Gasteiger partial charge in [0.15, 0.2) is 0 Å². The highest BCUT2D eigenvalue weighted by Gasteiger charge is 2.28. The summed E-state index contributed by atoms with van der Waals surface area (Å²) in [6, 6.07) is 19.7. The number of hydrogen-bond donors (Lipinski definition) is 0. The number of anilines is 2. The highest BCUT2D eigenvalue weighted by molar-refractivity contribution is 7.93. The van der Waals surface area contributed by atoms with E-state index in [1.165, 1.54) is 4.31 Å². The Morgan fingerprint density at radius 1 is 0.778 bits per heavy atom. The van der Waals surface area contributed by atoms with Crippen molar-refractivity contribution in [3.8, 4) is 5.75 Å². The third-order valence-corrected chi connectivity index (χ3v) is 6.21. The highest BCUT2D eigenvalue weighted by atomic mass is 32.2. The van der Waals surface area contributed by atoms with Gasteiger partial charge < -0.3 is 4.74 Å². The minimum absolute atomic E-state index is 0.254. The normalized spacial score (nSPS) is 11.3. The summed E-state index contributed by atoms with van der Waals surface area (Å²) in [6.45, 7) is 5.80. The summed E-state index contributed by atoms with van der Waals surface area (Å²) in [4.78, 5) is 0.254. The summed E-state index contributed by atoms with van der Waals surface area (Å²) >= 11 is 0. The smallest absolute Gasteiger partial charge is 0.268 e. The molecule has 4 nitrogen and oxygen atoms in total. The van der Waals surface area contributed by atoms with Crippen molar-refractivity contribution < 1.29 is 13.2 Å². The highest BCUT2D eigenvalue weighted by Crippen LogP contribution is 2.36. The number of hydrogen-bond acceptors (Lipinski definition) is 3. The first-order valence-corrected chi connectivity index (χ1v) is 10.1. The molecular weight excluding hydrogens is 358 g/mol. The van der Waals surface area contributed by atoms with Crippen LogP contribution in [-0.4, -0.2) is 15.5 Å². The van der Waals surface area contributed by atoms with Crippen LogP contribution in [0.3, 0.4) is 0 Å². The monoisotopic (exact) mass is 381 g/mol. The Bertz CT molecular complexity index is 1040. The molecule has 140 valence electrons. The van der Waals surface area contributed by atoms with Gasteiger partial charge in [0, 0.05) is 0 Å². The molecule has 0 aliphatic rings. The molecule has 0 saturated carbocycles. The molecule has 0 radical (unpaired) electrons. The topological polar surface area (TPSA) is 46.6 Å². The third kappa shape index (κ3) is 3.83. The van der Waals surface area contributed by atoms with Gasteiger partial charge in [-0.05, 0) is 74.4 Å². The molecule has 3 rings (SSSR count). The fourth-order valence-corrected chi connectivity index (χ4v) is 4.42. The number of benzene rings is 3. The van der Waals surface area contributed by atoms with Crippen molar-refractivity contribution in [2.75, 3.05) is 11.4 Å². The Labute approximate surface area is 161 Å². The molecule has 5 heteroatoms. The standard InChI is InChI=1S/C22H23NO3S/c1-16-6-13-21(14-7-16)27(24,25)23(19-9-11-20(26-4)12-10-19)22-15-17(2)5-8-18(22)3/h5-15H,1-4H3. The van der Waals surface area contributed by atoms with Gasteiger partial charge in [0.05, 0.1) is 23.4 Å². The van der Waals surface area contributed by atoms with Gasteiger partial charge >= 0.3 is 0 Å². The number of rotatable bonds is 5. The quantitative estimate of drug-likeness (QED) is 0.614. The van der Waals surface area contributed by atoms with Crippen LogP contribution in [0.2, 0.25) is 0 Å². The van der Waals surface area contributed by atoms with Gasteiger partial charge in [0.1, 0.15) is 5.75 Å². The summed E-state index contributed by atoms with van der Waals surface area (Å²) in [6.07, 6.45) is 0. The van der Waals surface area contributed by atoms with E-state index in [1.54, 1.807) is 43.5 Å². The van der Waals surface area contributed by atoms with E-state index < -0.39 is 10.0 Å². The predicted octanol–water partition coefficient (Wildman–Crippen LogP) is 5.15. The summed E-state index contributed by atoms with van der Waals surface area (Å²) < 4.78 is 33.7. The summed E-state index contributed by atoms with van der Waals surface area (Å²) in [7, 11) is -2.21. The van der Waals surface area contributed by atoms with Crippen molar-refractivity contribution in [1.82, 2.24) is 0 Å². The Balaban J connectivity index is 2.23. The lowest BCUT2D eigenvalue weighted by molar-refractivity contribution is 0.415. The fraction of sp³-hybridized carbons (Fsp3) is 0.182. The predicted molar refractivity (Wildman–Crippen MR) is 109 cm³/mol. The second-order valence-electron chi connectivity index (χ2n) is 6.57.